The number of carboxylic acids is 1. The van der Waals surface area contributed by atoms with Crippen LogP contribution in [0.2, 0.25) is 0 Å². The highest BCUT2D eigenvalue weighted by atomic mass is 16.4. The Labute approximate surface area is 87.4 Å². The minimum atomic E-state index is -0.833. The summed E-state index contributed by atoms with van der Waals surface area (Å²) in [5.41, 5.74) is 0.557. The molecule has 0 heterocycles. The van der Waals surface area contributed by atoms with Gasteiger partial charge < -0.3 is 15.5 Å². The maximum atomic E-state index is 11.0. The van der Waals surface area contributed by atoms with Crippen LogP contribution in [-0.4, -0.2) is 28.8 Å². The lowest BCUT2D eigenvalue weighted by Gasteiger charge is -1.99. The molecule has 0 aliphatic rings. The molecular weight excluding hydrogens is 198 g/mol. The van der Waals surface area contributed by atoms with E-state index in [2.05, 4.69) is 5.32 Å². The number of carbonyl (C=O) groups is 2. The number of carboxylic acid groups (broad SMARTS) is 1. The van der Waals surface area contributed by atoms with Crippen LogP contribution >= 0.6 is 0 Å². The van der Waals surface area contributed by atoms with Crippen molar-refractivity contribution in [2.45, 2.75) is 6.92 Å². The van der Waals surface area contributed by atoms with Crippen molar-refractivity contribution >= 4 is 11.9 Å². The molecule has 1 aromatic rings. The van der Waals surface area contributed by atoms with E-state index in [0.717, 1.165) is 6.92 Å². The maximum Gasteiger partial charge on any atom is 0.300 e. The van der Waals surface area contributed by atoms with E-state index in [1.807, 2.05) is 6.07 Å². The van der Waals surface area contributed by atoms with Crippen LogP contribution in [0.4, 0.5) is 0 Å². The molecule has 0 bridgehead atoms. The average molecular weight is 211 g/mol. The Morgan fingerprint density at radius 2 is 1.73 bits per heavy atom. The summed E-state index contributed by atoms with van der Waals surface area (Å²) in [5, 5.41) is 18.1. The van der Waals surface area contributed by atoms with Gasteiger partial charge in [-0.15, -0.1) is 0 Å². The standard InChI is InChI=1S/C8H9NO2.C2H4O2/c10-6-9-8(11)7-4-2-1-3-5-7;1-2(3)4/h1-5,10H,6H2,(H,9,11);1H3,(H,3,4). The zero-order valence-corrected chi connectivity index (χ0v) is 8.30. The topological polar surface area (TPSA) is 86.6 Å². The summed E-state index contributed by atoms with van der Waals surface area (Å²) >= 11 is 0. The van der Waals surface area contributed by atoms with Crippen LogP contribution in [0.25, 0.3) is 0 Å². The molecule has 0 unspecified atom stereocenters. The Morgan fingerprint density at radius 1 is 1.27 bits per heavy atom. The van der Waals surface area contributed by atoms with Crippen LogP contribution in [0.15, 0.2) is 30.3 Å². The second-order valence-electron chi connectivity index (χ2n) is 2.55. The Hall–Kier alpha value is -1.88. The number of aliphatic hydroxyl groups excluding tert-OH is 1. The van der Waals surface area contributed by atoms with Crippen LogP contribution in [-0.2, 0) is 4.79 Å². The number of amides is 1. The van der Waals surface area contributed by atoms with Crippen molar-refractivity contribution in [3.8, 4) is 0 Å². The fourth-order valence-electron chi connectivity index (χ4n) is 0.763. The van der Waals surface area contributed by atoms with Gasteiger partial charge in [0.1, 0.15) is 6.73 Å². The SMILES string of the molecule is CC(=O)O.O=C(NCO)c1ccccc1. The first kappa shape index (κ1) is 13.1. The Balaban J connectivity index is 0.000000423. The fourth-order valence-corrected chi connectivity index (χ4v) is 0.763. The van der Waals surface area contributed by atoms with Crippen LogP contribution in [0.5, 0.6) is 0 Å². The minimum Gasteiger partial charge on any atom is -0.481 e. The van der Waals surface area contributed by atoms with E-state index in [9.17, 15) is 4.79 Å². The molecule has 0 aromatic heterocycles. The van der Waals surface area contributed by atoms with E-state index in [1.54, 1.807) is 24.3 Å². The quantitative estimate of drug-likeness (QED) is 0.620. The largest absolute Gasteiger partial charge is 0.481 e. The molecule has 5 heteroatoms. The molecule has 82 valence electrons. The van der Waals surface area contributed by atoms with Gasteiger partial charge in [0.05, 0.1) is 0 Å². The lowest BCUT2D eigenvalue weighted by atomic mass is 10.2. The summed E-state index contributed by atoms with van der Waals surface area (Å²) in [4.78, 5) is 20.0. The highest BCUT2D eigenvalue weighted by Crippen LogP contribution is 1.96. The Morgan fingerprint density at radius 3 is 2.13 bits per heavy atom. The van der Waals surface area contributed by atoms with Gasteiger partial charge in [-0.1, -0.05) is 18.2 Å². The molecule has 0 saturated carbocycles. The molecule has 0 aliphatic carbocycles. The van der Waals surface area contributed by atoms with E-state index < -0.39 is 5.97 Å². The molecule has 1 amide bonds. The number of hydrogen-bond acceptors (Lipinski definition) is 3. The zero-order valence-electron chi connectivity index (χ0n) is 8.30. The number of aliphatic carboxylic acids is 1. The summed E-state index contributed by atoms with van der Waals surface area (Å²) in [5.74, 6) is -1.09. The lowest BCUT2D eigenvalue weighted by Crippen LogP contribution is -2.23. The summed E-state index contributed by atoms with van der Waals surface area (Å²) in [6, 6.07) is 8.74. The van der Waals surface area contributed by atoms with Crippen LogP contribution < -0.4 is 5.32 Å². The third-order valence-electron chi connectivity index (χ3n) is 1.28. The molecule has 5 nitrogen and oxygen atoms in total. The summed E-state index contributed by atoms with van der Waals surface area (Å²) in [6.45, 7) is 0.758. The van der Waals surface area contributed by atoms with Gasteiger partial charge in [0, 0.05) is 12.5 Å². The van der Waals surface area contributed by atoms with E-state index >= 15 is 0 Å². The monoisotopic (exact) mass is 211 g/mol. The van der Waals surface area contributed by atoms with Crippen molar-refractivity contribution in [1.29, 1.82) is 0 Å². The van der Waals surface area contributed by atoms with Gasteiger partial charge in [-0.2, -0.15) is 0 Å². The van der Waals surface area contributed by atoms with E-state index in [4.69, 9.17) is 15.0 Å². The van der Waals surface area contributed by atoms with Crippen molar-refractivity contribution in [3.05, 3.63) is 35.9 Å². The lowest BCUT2D eigenvalue weighted by molar-refractivity contribution is -0.134. The van der Waals surface area contributed by atoms with Crippen LogP contribution in [0.1, 0.15) is 17.3 Å². The van der Waals surface area contributed by atoms with Gasteiger partial charge in [-0.05, 0) is 12.1 Å². The van der Waals surface area contributed by atoms with Crippen LogP contribution in [0, 0.1) is 0 Å². The second-order valence-corrected chi connectivity index (χ2v) is 2.55. The molecule has 0 aliphatic heterocycles. The molecule has 0 fully saturated rings. The maximum absolute atomic E-state index is 11.0. The predicted molar refractivity (Wildman–Crippen MR) is 54.3 cm³/mol. The molecule has 1 rings (SSSR count). The van der Waals surface area contributed by atoms with Crippen molar-refractivity contribution in [2.24, 2.45) is 0 Å². The normalized spacial score (nSPS) is 8.40. The summed E-state index contributed by atoms with van der Waals surface area (Å²) < 4.78 is 0. The molecule has 15 heavy (non-hydrogen) atoms. The number of nitrogens with one attached hydrogen (secondary N) is 1. The Bertz CT molecular complexity index is 306. The molecule has 0 atom stereocenters. The van der Waals surface area contributed by atoms with Crippen molar-refractivity contribution in [2.75, 3.05) is 6.73 Å². The van der Waals surface area contributed by atoms with Gasteiger partial charge in [0.15, 0.2) is 0 Å². The van der Waals surface area contributed by atoms with E-state index in [0.29, 0.717) is 5.56 Å². The van der Waals surface area contributed by atoms with E-state index in [1.165, 1.54) is 0 Å². The van der Waals surface area contributed by atoms with Crippen molar-refractivity contribution in [3.63, 3.8) is 0 Å². The summed E-state index contributed by atoms with van der Waals surface area (Å²) in [7, 11) is 0. The Kier molecular flexibility index (Phi) is 6.57. The van der Waals surface area contributed by atoms with E-state index in [-0.39, 0.29) is 12.6 Å². The molecular formula is C10H13NO4. The zero-order chi connectivity index (χ0) is 11.7. The smallest absolute Gasteiger partial charge is 0.300 e. The minimum absolute atomic E-state index is 0.256. The van der Waals surface area contributed by atoms with Gasteiger partial charge in [-0.3, -0.25) is 9.59 Å². The van der Waals surface area contributed by atoms with Gasteiger partial charge in [0.25, 0.3) is 11.9 Å². The van der Waals surface area contributed by atoms with Crippen LogP contribution in [0.3, 0.4) is 0 Å². The highest BCUT2D eigenvalue weighted by Gasteiger charge is 2.00. The first-order chi connectivity index (χ1) is 7.07. The predicted octanol–water partition coefficient (Wildman–Crippen LogP) is 0.457. The number of aliphatic hydroxyl groups is 1. The average Bonchev–Trinajstić information content (AvgIpc) is 2.19. The third kappa shape index (κ3) is 7.21. The first-order valence-corrected chi connectivity index (χ1v) is 4.21. The molecule has 0 saturated heterocycles. The summed E-state index contributed by atoms with van der Waals surface area (Å²) in [6.07, 6.45) is 0. The third-order valence-corrected chi connectivity index (χ3v) is 1.28. The van der Waals surface area contributed by atoms with Gasteiger partial charge >= 0.3 is 0 Å². The van der Waals surface area contributed by atoms with Crippen molar-refractivity contribution in [1.82, 2.24) is 5.32 Å². The first-order valence-electron chi connectivity index (χ1n) is 4.21. The number of benzene rings is 1. The van der Waals surface area contributed by atoms with Crippen molar-refractivity contribution < 1.29 is 19.8 Å². The second kappa shape index (κ2) is 7.52. The molecule has 0 spiro atoms. The molecule has 3 N–H and O–H groups in total. The number of hydrogen-bond donors (Lipinski definition) is 3. The molecule has 0 radical (unpaired) electrons. The highest BCUT2D eigenvalue weighted by molar-refractivity contribution is 5.93. The fraction of sp³-hybridized carbons (Fsp3) is 0.200. The van der Waals surface area contributed by atoms with Gasteiger partial charge in [0.2, 0.25) is 0 Å². The number of carbonyl (C=O) groups excluding carboxylic acids is 1. The molecule has 1 aromatic carbocycles. The number of rotatable bonds is 2. The van der Waals surface area contributed by atoms with Gasteiger partial charge in [-0.25, -0.2) is 0 Å².